The Morgan fingerprint density at radius 1 is 1.11 bits per heavy atom. The van der Waals surface area contributed by atoms with Crippen LogP contribution in [0.15, 0.2) is 24.3 Å². The van der Waals surface area contributed by atoms with Gasteiger partial charge in [0, 0.05) is 5.56 Å². The molecule has 1 saturated heterocycles. The molecule has 2 aliphatic rings. The Labute approximate surface area is 116 Å². The summed E-state index contributed by atoms with van der Waals surface area (Å²) in [7, 11) is 0. The molecule has 2 nitrogen and oxygen atoms in total. The summed E-state index contributed by atoms with van der Waals surface area (Å²) in [6.45, 7) is 3.85. The summed E-state index contributed by atoms with van der Waals surface area (Å²) in [6, 6.07) is 8.78. The van der Waals surface area contributed by atoms with Crippen LogP contribution in [0.5, 0.6) is 0 Å². The van der Waals surface area contributed by atoms with Crippen molar-refractivity contribution in [1.82, 2.24) is 0 Å². The van der Waals surface area contributed by atoms with E-state index in [0.717, 1.165) is 11.8 Å². The van der Waals surface area contributed by atoms with Gasteiger partial charge < -0.3 is 9.47 Å². The molecule has 1 aliphatic carbocycles. The van der Waals surface area contributed by atoms with Crippen LogP contribution in [0.4, 0.5) is 0 Å². The van der Waals surface area contributed by atoms with Crippen LogP contribution >= 0.6 is 0 Å². The summed E-state index contributed by atoms with van der Waals surface area (Å²) in [5, 5.41) is 0. The first kappa shape index (κ1) is 13.1. The third kappa shape index (κ3) is 3.18. The molecule has 0 N–H and O–H groups in total. The summed E-state index contributed by atoms with van der Waals surface area (Å²) in [5.74, 6) is 1.73. The molecule has 0 amide bonds. The van der Waals surface area contributed by atoms with Crippen molar-refractivity contribution < 1.29 is 9.47 Å². The van der Waals surface area contributed by atoms with Gasteiger partial charge in [0.25, 0.3) is 0 Å². The number of hydrogen-bond donors (Lipinski definition) is 0. The molecule has 1 aromatic carbocycles. The van der Waals surface area contributed by atoms with E-state index in [2.05, 4.69) is 31.2 Å². The number of rotatable bonds is 3. The SMILES string of the molecule is CC1CCCCC1Cc1cccc(C2OCCO2)c1. The van der Waals surface area contributed by atoms with Gasteiger partial charge in [-0.25, -0.2) is 0 Å². The van der Waals surface area contributed by atoms with Gasteiger partial charge in [-0.15, -0.1) is 0 Å². The normalized spacial score (nSPS) is 28.7. The average Bonchev–Trinajstić information content (AvgIpc) is 2.96. The van der Waals surface area contributed by atoms with Gasteiger partial charge in [-0.3, -0.25) is 0 Å². The second-order valence-corrected chi connectivity index (χ2v) is 6.04. The molecule has 1 aliphatic heterocycles. The van der Waals surface area contributed by atoms with Gasteiger partial charge in [-0.1, -0.05) is 50.5 Å². The van der Waals surface area contributed by atoms with Gasteiger partial charge in [-0.05, 0) is 30.2 Å². The number of ether oxygens (including phenoxy) is 2. The minimum absolute atomic E-state index is 0.135. The van der Waals surface area contributed by atoms with Crippen molar-refractivity contribution in [2.45, 2.75) is 45.3 Å². The third-order valence-corrected chi connectivity index (χ3v) is 4.63. The minimum atomic E-state index is -0.135. The molecule has 0 bridgehead atoms. The van der Waals surface area contributed by atoms with Gasteiger partial charge in [0.1, 0.15) is 0 Å². The highest BCUT2D eigenvalue weighted by molar-refractivity contribution is 5.25. The summed E-state index contributed by atoms with van der Waals surface area (Å²) in [5.41, 5.74) is 2.62. The quantitative estimate of drug-likeness (QED) is 0.814. The number of hydrogen-bond acceptors (Lipinski definition) is 2. The van der Waals surface area contributed by atoms with Crippen molar-refractivity contribution in [2.24, 2.45) is 11.8 Å². The van der Waals surface area contributed by atoms with E-state index in [9.17, 15) is 0 Å². The molecular weight excluding hydrogens is 236 g/mol. The summed E-state index contributed by atoms with van der Waals surface area (Å²) in [4.78, 5) is 0. The largest absolute Gasteiger partial charge is 0.346 e. The molecule has 2 heteroatoms. The van der Waals surface area contributed by atoms with Crippen LogP contribution in [0.25, 0.3) is 0 Å². The molecular formula is C17H24O2. The number of benzene rings is 1. The predicted molar refractivity (Wildman–Crippen MR) is 75.9 cm³/mol. The van der Waals surface area contributed by atoms with E-state index in [1.807, 2.05) is 0 Å². The van der Waals surface area contributed by atoms with E-state index >= 15 is 0 Å². The molecule has 19 heavy (non-hydrogen) atoms. The standard InChI is InChI=1S/C17H24O2/c1-13-5-2-3-7-15(13)11-14-6-4-8-16(12-14)17-18-9-10-19-17/h4,6,8,12-13,15,17H,2-3,5,7,9-11H2,1H3. The Kier molecular flexibility index (Phi) is 4.19. The highest BCUT2D eigenvalue weighted by Crippen LogP contribution is 2.33. The fourth-order valence-electron chi connectivity index (χ4n) is 3.42. The van der Waals surface area contributed by atoms with Crippen molar-refractivity contribution in [3.8, 4) is 0 Å². The van der Waals surface area contributed by atoms with E-state index < -0.39 is 0 Å². The molecule has 1 aromatic rings. The lowest BCUT2D eigenvalue weighted by molar-refractivity contribution is -0.0441. The Morgan fingerprint density at radius 2 is 1.89 bits per heavy atom. The van der Waals surface area contributed by atoms with E-state index in [0.29, 0.717) is 13.2 Å². The van der Waals surface area contributed by atoms with E-state index in [4.69, 9.17) is 9.47 Å². The monoisotopic (exact) mass is 260 g/mol. The second-order valence-electron chi connectivity index (χ2n) is 6.04. The Balaban J connectivity index is 1.68. The molecule has 1 heterocycles. The Bertz CT molecular complexity index is 409. The highest BCUT2D eigenvalue weighted by Gasteiger charge is 2.22. The minimum Gasteiger partial charge on any atom is -0.346 e. The molecule has 2 unspecified atom stereocenters. The van der Waals surface area contributed by atoms with Crippen LogP contribution in [-0.4, -0.2) is 13.2 Å². The van der Waals surface area contributed by atoms with Crippen LogP contribution in [0.1, 0.15) is 50.0 Å². The zero-order valence-electron chi connectivity index (χ0n) is 11.8. The lowest BCUT2D eigenvalue weighted by Crippen LogP contribution is -2.19. The van der Waals surface area contributed by atoms with Crippen LogP contribution < -0.4 is 0 Å². The second kappa shape index (κ2) is 6.06. The zero-order valence-corrected chi connectivity index (χ0v) is 11.8. The predicted octanol–water partition coefficient (Wildman–Crippen LogP) is 4.10. The van der Waals surface area contributed by atoms with Gasteiger partial charge in [0.05, 0.1) is 13.2 Å². The van der Waals surface area contributed by atoms with Crippen molar-refractivity contribution in [3.63, 3.8) is 0 Å². The molecule has 104 valence electrons. The topological polar surface area (TPSA) is 18.5 Å². The van der Waals surface area contributed by atoms with Crippen molar-refractivity contribution in [2.75, 3.05) is 13.2 Å². The van der Waals surface area contributed by atoms with E-state index in [-0.39, 0.29) is 6.29 Å². The Hall–Kier alpha value is -0.860. The lowest BCUT2D eigenvalue weighted by atomic mass is 9.77. The van der Waals surface area contributed by atoms with Crippen LogP contribution in [-0.2, 0) is 15.9 Å². The smallest absolute Gasteiger partial charge is 0.184 e. The third-order valence-electron chi connectivity index (χ3n) is 4.63. The van der Waals surface area contributed by atoms with Crippen LogP contribution in [0, 0.1) is 11.8 Å². The average molecular weight is 260 g/mol. The van der Waals surface area contributed by atoms with Crippen molar-refractivity contribution in [3.05, 3.63) is 35.4 Å². The maximum Gasteiger partial charge on any atom is 0.184 e. The fourth-order valence-corrected chi connectivity index (χ4v) is 3.42. The first-order valence-corrected chi connectivity index (χ1v) is 7.65. The zero-order chi connectivity index (χ0) is 13.1. The van der Waals surface area contributed by atoms with Gasteiger partial charge in [0.15, 0.2) is 6.29 Å². The summed E-state index contributed by atoms with van der Waals surface area (Å²) >= 11 is 0. The fraction of sp³-hybridized carbons (Fsp3) is 0.647. The molecule has 0 spiro atoms. The van der Waals surface area contributed by atoms with Crippen LogP contribution in [0.2, 0.25) is 0 Å². The molecule has 3 rings (SSSR count). The lowest BCUT2D eigenvalue weighted by Gasteiger charge is -2.29. The molecule has 2 atom stereocenters. The van der Waals surface area contributed by atoms with Crippen LogP contribution in [0.3, 0.4) is 0 Å². The molecule has 0 radical (unpaired) electrons. The Morgan fingerprint density at radius 3 is 2.68 bits per heavy atom. The molecule has 1 saturated carbocycles. The maximum atomic E-state index is 5.58. The van der Waals surface area contributed by atoms with Crippen molar-refractivity contribution in [1.29, 1.82) is 0 Å². The first-order valence-electron chi connectivity index (χ1n) is 7.65. The first-order chi connectivity index (χ1) is 9.33. The van der Waals surface area contributed by atoms with Gasteiger partial charge >= 0.3 is 0 Å². The molecule has 0 aromatic heterocycles. The van der Waals surface area contributed by atoms with E-state index in [1.165, 1.54) is 43.2 Å². The van der Waals surface area contributed by atoms with Gasteiger partial charge in [-0.2, -0.15) is 0 Å². The van der Waals surface area contributed by atoms with Crippen molar-refractivity contribution >= 4 is 0 Å². The molecule has 2 fully saturated rings. The van der Waals surface area contributed by atoms with E-state index in [1.54, 1.807) is 0 Å². The van der Waals surface area contributed by atoms with Gasteiger partial charge in [0.2, 0.25) is 0 Å². The maximum absolute atomic E-state index is 5.58. The summed E-state index contributed by atoms with van der Waals surface area (Å²) in [6.07, 6.45) is 6.69. The highest BCUT2D eigenvalue weighted by atomic mass is 16.7. The summed E-state index contributed by atoms with van der Waals surface area (Å²) < 4.78 is 11.2.